The van der Waals surface area contributed by atoms with Crippen LogP contribution in [0.15, 0.2) is 18.2 Å². The van der Waals surface area contributed by atoms with Gasteiger partial charge in [0.1, 0.15) is 12.5 Å². The zero-order valence-electron chi connectivity index (χ0n) is 10.6. The summed E-state index contributed by atoms with van der Waals surface area (Å²) >= 11 is 0. The van der Waals surface area contributed by atoms with Gasteiger partial charge >= 0.3 is 0 Å². The molecule has 2 heteroatoms. The maximum atomic E-state index is 12.2. The van der Waals surface area contributed by atoms with Crippen LogP contribution in [0, 0.1) is 6.92 Å². The van der Waals surface area contributed by atoms with Crippen LogP contribution in [-0.4, -0.2) is 5.78 Å². The minimum Gasteiger partial charge on any atom is -0.300 e. The van der Waals surface area contributed by atoms with Gasteiger partial charge in [0.2, 0.25) is 0 Å². The number of alkyl halides is 1. The number of rotatable bonds is 3. The highest BCUT2D eigenvalue weighted by Crippen LogP contribution is 2.12. The van der Waals surface area contributed by atoms with E-state index in [2.05, 4.69) is 13.8 Å². The Hall–Kier alpha value is -1.18. The Morgan fingerprint density at radius 3 is 2.25 bits per heavy atom. The molecule has 0 spiro atoms. The van der Waals surface area contributed by atoms with Gasteiger partial charge in [0.15, 0.2) is 0 Å². The van der Waals surface area contributed by atoms with Crippen molar-refractivity contribution < 1.29 is 9.18 Å². The Bertz CT molecular complexity index is 332. The summed E-state index contributed by atoms with van der Waals surface area (Å²) in [6.07, 6.45) is 1.65. The van der Waals surface area contributed by atoms with E-state index >= 15 is 0 Å². The molecule has 1 rings (SSSR count). The van der Waals surface area contributed by atoms with Gasteiger partial charge in [-0.25, -0.2) is 4.39 Å². The normalized spacial score (nSPS) is 9.31. The first-order valence-corrected chi connectivity index (χ1v) is 5.68. The van der Waals surface area contributed by atoms with Gasteiger partial charge in [-0.05, 0) is 37.0 Å². The molecule has 0 aliphatic rings. The van der Waals surface area contributed by atoms with Gasteiger partial charge in [-0.3, -0.25) is 0 Å². The smallest absolute Gasteiger partial charge is 0.129 e. The predicted octanol–water partition coefficient (Wildman–Crippen LogP) is 4.01. The average Bonchev–Trinajstić information content (AvgIpc) is 2.30. The van der Waals surface area contributed by atoms with Crippen molar-refractivity contribution >= 4 is 5.78 Å². The number of Topliss-reactive ketones (excluding diaryl/α,β-unsaturated/α-hetero) is 1. The Balaban J connectivity index is 0.000000385. The van der Waals surface area contributed by atoms with Crippen LogP contribution in [0.1, 0.15) is 43.9 Å². The lowest BCUT2D eigenvalue weighted by molar-refractivity contribution is -0.116. The van der Waals surface area contributed by atoms with E-state index in [-0.39, 0.29) is 12.5 Å². The van der Waals surface area contributed by atoms with Crippen LogP contribution in [-0.2, 0) is 17.9 Å². The van der Waals surface area contributed by atoms with Gasteiger partial charge < -0.3 is 4.79 Å². The van der Waals surface area contributed by atoms with Crippen molar-refractivity contribution in [1.82, 2.24) is 0 Å². The third kappa shape index (κ3) is 5.64. The third-order valence-corrected chi connectivity index (χ3v) is 2.45. The number of carbonyl (C=O) groups is 1. The molecule has 0 aliphatic heterocycles. The molecular formula is C14H21FO. The number of carbonyl (C=O) groups excluding carboxylic acids is 1. The predicted molar refractivity (Wildman–Crippen MR) is 66.3 cm³/mol. The lowest BCUT2D eigenvalue weighted by Gasteiger charge is -2.03. The molecule has 0 heterocycles. The van der Waals surface area contributed by atoms with E-state index < -0.39 is 0 Å². The Morgan fingerprint density at radius 2 is 1.88 bits per heavy atom. The summed E-state index contributed by atoms with van der Waals surface area (Å²) in [7, 11) is 0. The minimum absolute atomic E-state index is 0.255. The highest BCUT2D eigenvalue weighted by atomic mass is 19.1. The lowest BCUT2D eigenvalue weighted by atomic mass is 10.0. The zero-order chi connectivity index (χ0) is 12.6. The quantitative estimate of drug-likeness (QED) is 0.758. The van der Waals surface area contributed by atoms with E-state index in [0.29, 0.717) is 6.42 Å². The average molecular weight is 224 g/mol. The van der Waals surface area contributed by atoms with Gasteiger partial charge in [-0.2, -0.15) is 0 Å². The fourth-order valence-corrected chi connectivity index (χ4v) is 1.19. The van der Waals surface area contributed by atoms with Crippen LogP contribution in [0.25, 0.3) is 0 Å². The number of benzene rings is 1. The van der Waals surface area contributed by atoms with Crippen LogP contribution in [0.4, 0.5) is 4.39 Å². The second-order valence-electron chi connectivity index (χ2n) is 3.80. The molecular weight excluding hydrogens is 203 g/mol. The summed E-state index contributed by atoms with van der Waals surface area (Å²) in [4.78, 5) is 9.81. The van der Waals surface area contributed by atoms with Gasteiger partial charge in [-0.1, -0.05) is 32.0 Å². The number of hydrogen-bond acceptors (Lipinski definition) is 1. The van der Waals surface area contributed by atoms with Crippen molar-refractivity contribution in [3.8, 4) is 0 Å². The number of ketones is 1. The summed E-state index contributed by atoms with van der Waals surface area (Å²) in [5.41, 5.74) is 3.29. The first-order valence-electron chi connectivity index (χ1n) is 5.68. The SMILES string of the molecule is CCC(C)=O.CCc1cc(CF)ccc1C. The second-order valence-corrected chi connectivity index (χ2v) is 3.80. The highest BCUT2D eigenvalue weighted by molar-refractivity contribution is 5.74. The van der Waals surface area contributed by atoms with E-state index in [1.165, 1.54) is 11.1 Å². The van der Waals surface area contributed by atoms with Crippen LogP contribution >= 0.6 is 0 Å². The minimum atomic E-state index is -0.354. The Morgan fingerprint density at radius 1 is 1.31 bits per heavy atom. The van der Waals surface area contributed by atoms with E-state index in [1.54, 1.807) is 6.92 Å². The molecule has 0 fully saturated rings. The van der Waals surface area contributed by atoms with Crippen LogP contribution in [0.3, 0.4) is 0 Å². The van der Waals surface area contributed by atoms with Crippen LogP contribution in [0.2, 0.25) is 0 Å². The second kappa shape index (κ2) is 8.03. The molecule has 16 heavy (non-hydrogen) atoms. The Labute approximate surface area is 97.7 Å². The zero-order valence-corrected chi connectivity index (χ0v) is 10.6. The van der Waals surface area contributed by atoms with Crippen molar-refractivity contribution in [3.63, 3.8) is 0 Å². The molecule has 0 amide bonds. The van der Waals surface area contributed by atoms with E-state index in [0.717, 1.165) is 12.0 Å². The van der Waals surface area contributed by atoms with Crippen molar-refractivity contribution in [2.24, 2.45) is 0 Å². The number of hydrogen-bond donors (Lipinski definition) is 0. The molecule has 0 N–H and O–H groups in total. The molecule has 90 valence electrons. The van der Waals surface area contributed by atoms with E-state index in [9.17, 15) is 9.18 Å². The fourth-order valence-electron chi connectivity index (χ4n) is 1.19. The highest BCUT2D eigenvalue weighted by Gasteiger charge is 1.96. The van der Waals surface area contributed by atoms with Crippen molar-refractivity contribution in [2.75, 3.05) is 0 Å². The summed E-state index contributed by atoms with van der Waals surface area (Å²) in [6, 6.07) is 5.76. The van der Waals surface area contributed by atoms with Gasteiger partial charge in [0.05, 0.1) is 0 Å². The van der Waals surface area contributed by atoms with Crippen molar-refractivity contribution in [1.29, 1.82) is 0 Å². The molecule has 1 nitrogen and oxygen atoms in total. The lowest BCUT2D eigenvalue weighted by Crippen LogP contribution is -1.88. The Kier molecular flexibility index (Phi) is 7.44. The van der Waals surface area contributed by atoms with Crippen molar-refractivity contribution in [3.05, 3.63) is 34.9 Å². The largest absolute Gasteiger partial charge is 0.300 e. The molecule has 0 aromatic heterocycles. The summed E-state index contributed by atoms with van der Waals surface area (Å²) in [5, 5.41) is 0. The molecule has 0 aliphatic carbocycles. The topological polar surface area (TPSA) is 17.1 Å². The van der Waals surface area contributed by atoms with Crippen molar-refractivity contribution in [2.45, 2.75) is 47.2 Å². The van der Waals surface area contributed by atoms with Gasteiger partial charge in [0.25, 0.3) is 0 Å². The van der Waals surface area contributed by atoms with Gasteiger partial charge in [0, 0.05) is 6.42 Å². The monoisotopic (exact) mass is 224 g/mol. The first kappa shape index (κ1) is 14.8. The summed E-state index contributed by atoms with van der Waals surface area (Å²) in [5.74, 6) is 0.255. The molecule has 0 radical (unpaired) electrons. The third-order valence-electron chi connectivity index (χ3n) is 2.45. The van der Waals surface area contributed by atoms with Crippen LogP contribution in [0.5, 0.6) is 0 Å². The maximum absolute atomic E-state index is 12.2. The standard InChI is InChI=1S/C10H13F.C4H8O/c1-3-10-6-9(7-11)5-4-8(10)2;1-3-4(2)5/h4-6H,3,7H2,1-2H3;3H2,1-2H3. The van der Waals surface area contributed by atoms with Gasteiger partial charge in [-0.15, -0.1) is 0 Å². The summed E-state index contributed by atoms with van der Waals surface area (Å²) in [6.45, 7) is 7.22. The maximum Gasteiger partial charge on any atom is 0.129 e. The molecule has 0 saturated heterocycles. The van der Waals surface area contributed by atoms with Crippen LogP contribution < -0.4 is 0 Å². The number of aryl methyl sites for hydroxylation is 2. The van der Waals surface area contributed by atoms with E-state index in [1.807, 2.05) is 25.1 Å². The van der Waals surface area contributed by atoms with E-state index in [4.69, 9.17) is 0 Å². The molecule has 0 saturated carbocycles. The first-order chi connectivity index (χ1) is 7.54. The summed E-state index contributed by atoms with van der Waals surface area (Å²) < 4.78 is 12.2. The molecule has 1 aromatic rings. The molecule has 0 bridgehead atoms. The molecule has 0 atom stereocenters. The number of halogens is 1. The molecule has 0 unspecified atom stereocenters. The molecule has 1 aromatic carbocycles. The fraction of sp³-hybridized carbons (Fsp3) is 0.500.